The molecule has 0 aromatic heterocycles. The third-order valence-electron chi connectivity index (χ3n) is 4.07. The second kappa shape index (κ2) is 9.88. The van der Waals surface area contributed by atoms with Crippen molar-refractivity contribution in [3.63, 3.8) is 0 Å². The molecule has 154 valence electrons. The summed E-state index contributed by atoms with van der Waals surface area (Å²) < 4.78 is 24.8. The van der Waals surface area contributed by atoms with E-state index in [1.165, 1.54) is 6.08 Å². The van der Waals surface area contributed by atoms with Gasteiger partial charge in [0.2, 0.25) is 15.9 Å². The van der Waals surface area contributed by atoms with E-state index >= 15 is 0 Å². The Labute approximate surface area is 171 Å². The Morgan fingerprint density at radius 2 is 1.66 bits per heavy atom. The zero-order chi connectivity index (χ0) is 21.4. The van der Waals surface area contributed by atoms with Crippen LogP contribution in [-0.2, 0) is 14.8 Å². The van der Waals surface area contributed by atoms with Crippen LogP contribution >= 0.6 is 0 Å². The number of sulfonamides is 1. The van der Waals surface area contributed by atoms with Crippen molar-refractivity contribution in [1.82, 2.24) is 4.90 Å². The monoisotopic (exact) mass is 415 g/mol. The van der Waals surface area contributed by atoms with Crippen LogP contribution in [0.1, 0.15) is 29.8 Å². The molecular weight excluding hydrogens is 390 g/mol. The van der Waals surface area contributed by atoms with E-state index in [4.69, 9.17) is 0 Å². The van der Waals surface area contributed by atoms with Gasteiger partial charge in [0.15, 0.2) is 0 Å². The lowest BCUT2D eigenvalue weighted by molar-refractivity contribution is -0.111. The lowest BCUT2D eigenvalue weighted by Crippen LogP contribution is -2.30. The van der Waals surface area contributed by atoms with Gasteiger partial charge < -0.3 is 10.2 Å². The van der Waals surface area contributed by atoms with Crippen molar-refractivity contribution < 1.29 is 18.0 Å². The standard InChI is InChI=1S/C21H25N3O4S/c1-4-24(5-2)21(26)17-7-6-8-19(15-17)22-20(25)14-11-16-9-12-18(13-10-16)23-29(3,27)28/h6-15,23H,4-5H2,1-3H3,(H,22,25)/b14-11+. The maximum Gasteiger partial charge on any atom is 0.253 e. The minimum atomic E-state index is -3.33. The SMILES string of the molecule is CCN(CC)C(=O)c1cccc(NC(=O)/C=C/c2ccc(NS(C)(=O)=O)cc2)c1. The molecule has 0 radical (unpaired) electrons. The summed E-state index contributed by atoms with van der Waals surface area (Å²) in [6, 6.07) is 13.4. The molecule has 0 aliphatic rings. The molecule has 0 saturated carbocycles. The van der Waals surface area contributed by atoms with Crippen LogP contribution in [0.25, 0.3) is 6.08 Å². The smallest absolute Gasteiger partial charge is 0.253 e. The van der Waals surface area contributed by atoms with Crippen molar-refractivity contribution >= 4 is 39.3 Å². The molecule has 7 nitrogen and oxygen atoms in total. The molecule has 2 aromatic carbocycles. The fourth-order valence-corrected chi connectivity index (χ4v) is 3.22. The van der Waals surface area contributed by atoms with Crippen LogP contribution in [0, 0.1) is 0 Å². The average molecular weight is 416 g/mol. The molecule has 0 aliphatic carbocycles. The first kappa shape index (κ1) is 22.2. The van der Waals surface area contributed by atoms with E-state index in [1.54, 1.807) is 59.5 Å². The summed E-state index contributed by atoms with van der Waals surface area (Å²) in [7, 11) is -3.33. The zero-order valence-electron chi connectivity index (χ0n) is 16.7. The van der Waals surface area contributed by atoms with Crippen LogP contribution in [-0.4, -0.2) is 44.5 Å². The molecule has 0 saturated heterocycles. The number of nitrogens with zero attached hydrogens (tertiary/aromatic N) is 1. The molecule has 2 N–H and O–H groups in total. The van der Waals surface area contributed by atoms with Gasteiger partial charge >= 0.3 is 0 Å². The fraction of sp³-hybridized carbons (Fsp3) is 0.238. The molecule has 0 spiro atoms. The molecule has 8 heteroatoms. The number of amides is 2. The fourth-order valence-electron chi connectivity index (χ4n) is 2.66. The molecule has 2 rings (SSSR count). The van der Waals surface area contributed by atoms with Gasteiger partial charge in [-0.3, -0.25) is 14.3 Å². The molecule has 2 aromatic rings. The van der Waals surface area contributed by atoms with Gasteiger partial charge in [0.05, 0.1) is 6.26 Å². The van der Waals surface area contributed by atoms with Gasteiger partial charge in [-0.05, 0) is 55.8 Å². The highest BCUT2D eigenvalue weighted by Gasteiger charge is 2.12. The first-order valence-corrected chi connectivity index (χ1v) is 11.1. The maximum absolute atomic E-state index is 12.4. The Bertz CT molecular complexity index is 995. The Morgan fingerprint density at radius 1 is 1.00 bits per heavy atom. The molecule has 0 atom stereocenters. The molecule has 0 heterocycles. The highest BCUT2D eigenvalue weighted by molar-refractivity contribution is 7.92. The summed E-state index contributed by atoms with van der Waals surface area (Å²) in [4.78, 5) is 26.3. The Kier molecular flexibility index (Phi) is 7.55. The molecule has 0 fully saturated rings. The molecular formula is C21H25N3O4S. The molecule has 0 unspecified atom stereocenters. The van der Waals surface area contributed by atoms with E-state index in [2.05, 4.69) is 10.0 Å². The van der Waals surface area contributed by atoms with E-state index in [9.17, 15) is 18.0 Å². The summed E-state index contributed by atoms with van der Waals surface area (Å²) in [5.74, 6) is -0.416. The topological polar surface area (TPSA) is 95.6 Å². The van der Waals surface area contributed by atoms with Gasteiger partial charge in [-0.2, -0.15) is 0 Å². The molecule has 0 aliphatic heterocycles. The quantitative estimate of drug-likeness (QED) is 0.647. The highest BCUT2D eigenvalue weighted by Crippen LogP contribution is 2.14. The van der Waals surface area contributed by atoms with Crippen LogP contribution in [0.4, 0.5) is 11.4 Å². The Morgan fingerprint density at radius 3 is 2.24 bits per heavy atom. The summed E-state index contributed by atoms with van der Waals surface area (Å²) >= 11 is 0. The third-order valence-corrected chi connectivity index (χ3v) is 4.68. The van der Waals surface area contributed by atoms with E-state index in [0.717, 1.165) is 11.8 Å². The Hall–Kier alpha value is -3.13. The number of carbonyl (C=O) groups is 2. The van der Waals surface area contributed by atoms with E-state index < -0.39 is 10.0 Å². The number of rotatable bonds is 8. The summed E-state index contributed by atoms with van der Waals surface area (Å²) in [6.45, 7) is 5.07. The average Bonchev–Trinajstić information content (AvgIpc) is 2.67. The maximum atomic E-state index is 12.4. The van der Waals surface area contributed by atoms with Crippen molar-refractivity contribution in [3.8, 4) is 0 Å². The van der Waals surface area contributed by atoms with Crippen LogP contribution in [0.15, 0.2) is 54.6 Å². The van der Waals surface area contributed by atoms with Crippen LogP contribution in [0.3, 0.4) is 0 Å². The number of anilines is 2. The number of hydrogen-bond donors (Lipinski definition) is 2. The Balaban J connectivity index is 2.02. The lowest BCUT2D eigenvalue weighted by Gasteiger charge is -2.18. The van der Waals surface area contributed by atoms with Crippen molar-refractivity contribution in [1.29, 1.82) is 0 Å². The second-order valence-electron chi connectivity index (χ2n) is 6.38. The number of benzene rings is 2. The van der Waals surface area contributed by atoms with Crippen molar-refractivity contribution in [3.05, 3.63) is 65.7 Å². The third kappa shape index (κ3) is 7.08. The van der Waals surface area contributed by atoms with Crippen LogP contribution in [0.2, 0.25) is 0 Å². The van der Waals surface area contributed by atoms with E-state index in [1.807, 2.05) is 13.8 Å². The summed E-state index contributed by atoms with van der Waals surface area (Å²) in [5.41, 5.74) is 2.24. The number of hydrogen-bond acceptors (Lipinski definition) is 4. The van der Waals surface area contributed by atoms with Gasteiger partial charge in [0.1, 0.15) is 0 Å². The molecule has 2 amide bonds. The van der Waals surface area contributed by atoms with Gasteiger partial charge in [-0.1, -0.05) is 18.2 Å². The number of nitrogens with one attached hydrogen (secondary N) is 2. The van der Waals surface area contributed by atoms with Gasteiger partial charge in [0.25, 0.3) is 5.91 Å². The normalized spacial score (nSPS) is 11.3. The predicted octanol–water partition coefficient (Wildman–Crippen LogP) is 3.19. The minimum absolute atomic E-state index is 0.0792. The second-order valence-corrected chi connectivity index (χ2v) is 8.13. The zero-order valence-corrected chi connectivity index (χ0v) is 17.5. The van der Waals surface area contributed by atoms with Crippen LogP contribution < -0.4 is 10.0 Å². The van der Waals surface area contributed by atoms with Crippen LogP contribution in [0.5, 0.6) is 0 Å². The summed E-state index contributed by atoms with van der Waals surface area (Å²) in [5, 5.41) is 2.74. The van der Waals surface area contributed by atoms with Gasteiger partial charge in [-0.25, -0.2) is 8.42 Å². The first-order valence-electron chi connectivity index (χ1n) is 9.18. The lowest BCUT2D eigenvalue weighted by atomic mass is 10.1. The van der Waals surface area contributed by atoms with Crippen molar-refractivity contribution in [2.75, 3.05) is 29.4 Å². The van der Waals surface area contributed by atoms with Gasteiger partial charge in [-0.15, -0.1) is 0 Å². The molecule has 29 heavy (non-hydrogen) atoms. The highest BCUT2D eigenvalue weighted by atomic mass is 32.2. The molecule has 0 bridgehead atoms. The largest absolute Gasteiger partial charge is 0.339 e. The first-order chi connectivity index (χ1) is 13.7. The predicted molar refractivity (Wildman–Crippen MR) is 116 cm³/mol. The minimum Gasteiger partial charge on any atom is -0.339 e. The number of carbonyl (C=O) groups excluding carboxylic acids is 2. The van der Waals surface area contributed by atoms with Crippen molar-refractivity contribution in [2.24, 2.45) is 0 Å². The van der Waals surface area contributed by atoms with Crippen molar-refractivity contribution in [2.45, 2.75) is 13.8 Å². The summed E-state index contributed by atoms with van der Waals surface area (Å²) in [6.07, 6.45) is 4.07. The van der Waals surface area contributed by atoms with E-state index in [0.29, 0.717) is 30.0 Å². The van der Waals surface area contributed by atoms with Gasteiger partial charge in [0, 0.05) is 36.1 Å². The van der Waals surface area contributed by atoms with E-state index in [-0.39, 0.29) is 11.8 Å².